The topological polar surface area (TPSA) is 54.9 Å². The van der Waals surface area contributed by atoms with Crippen molar-refractivity contribution in [3.63, 3.8) is 0 Å². The van der Waals surface area contributed by atoms with Gasteiger partial charge in [-0.3, -0.25) is 4.79 Å². The Morgan fingerprint density at radius 2 is 2.50 bits per heavy atom. The van der Waals surface area contributed by atoms with Crippen LogP contribution in [0.1, 0.15) is 9.80 Å². The number of carbonyl (C=O) groups excluding carboxylic acids is 1. The number of rotatable bonds is 2. The molecule has 0 atom stereocenters. The molecule has 12 heavy (non-hydrogen) atoms. The molecule has 1 amide bonds. The molecule has 0 saturated heterocycles. The average molecular weight is 202 g/mol. The van der Waals surface area contributed by atoms with E-state index in [2.05, 4.69) is 21.4 Å². The molecule has 0 radical (unpaired) electrons. The summed E-state index contributed by atoms with van der Waals surface area (Å²) in [5, 5.41) is 9.65. The number of carbonyl (C=O) groups is 1. The van der Waals surface area contributed by atoms with Gasteiger partial charge in [0.2, 0.25) is 9.47 Å². The largest absolute Gasteiger partial charge is 0.339 e. The summed E-state index contributed by atoms with van der Waals surface area (Å²) >= 11 is 6.47. The maximum absolute atomic E-state index is 11.1. The molecule has 62 valence electrons. The third kappa shape index (κ3) is 2.19. The predicted molar refractivity (Wildman–Crippen MR) is 46.1 cm³/mol. The van der Waals surface area contributed by atoms with Crippen molar-refractivity contribution in [3.8, 4) is 12.3 Å². The molecule has 0 unspecified atom stereocenters. The van der Waals surface area contributed by atoms with Crippen LogP contribution >= 0.6 is 22.9 Å². The maximum Gasteiger partial charge on any atom is 0.283 e. The molecule has 1 aromatic heterocycles. The van der Waals surface area contributed by atoms with Crippen LogP contribution in [0.2, 0.25) is 4.47 Å². The van der Waals surface area contributed by atoms with Crippen molar-refractivity contribution < 1.29 is 4.79 Å². The predicted octanol–water partition coefficient (Wildman–Crippen LogP) is 0.555. The molecule has 0 aliphatic heterocycles. The van der Waals surface area contributed by atoms with E-state index >= 15 is 0 Å². The molecule has 6 heteroatoms. The van der Waals surface area contributed by atoms with Crippen LogP contribution < -0.4 is 5.32 Å². The lowest BCUT2D eigenvalue weighted by Crippen LogP contribution is -2.23. The summed E-state index contributed by atoms with van der Waals surface area (Å²) in [5.74, 6) is 1.92. The second-order valence-electron chi connectivity index (χ2n) is 1.75. The Hall–Kier alpha value is -1.12. The molecule has 0 aromatic carbocycles. The summed E-state index contributed by atoms with van der Waals surface area (Å²) in [5.41, 5.74) is 0. The molecule has 1 heterocycles. The van der Waals surface area contributed by atoms with Gasteiger partial charge in [0, 0.05) is 0 Å². The SMILES string of the molecule is C#CCNC(=O)c1nnc(Cl)s1. The summed E-state index contributed by atoms with van der Waals surface area (Å²) in [6, 6.07) is 0. The van der Waals surface area contributed by atoms with Crippen LogP contribution in [-0.4, -0.2) is 22.6 Å². The van der Waals surface area contributed by atoms with E-state index in [0.717, 1.165) is 11.3 Å². The highest BCUT2D eigenvalue weighted by atomic mass is 35.5. The molecule has 0 fully saturated rings. The Bertz CT molecular complexity index is 330. The van der Waals surface area contributed by atoms with Gasteiger partial charge in [-0.25, -0.2) is 0 Å². The van der Waals surface area contributed by atoms with Crippen LogP contribution in [0.3, 0.4) is 0 Å². The number of hydrogen-bond acceptors (Lipinski definition) is 4. The third-order valence-electron chi connectivity index (χ3n) is 0.946. The Labute approximate surface area is 78.0 Å². The van der Waals surface area contributed by atoms with E-state index in [0.29, 0.717) is 0 Å². The molecule has 0 aliphatic carbocycles. The standard InChI is InChI=1S/C6H4ClN3OS/c1-2-3-8-4(11)5-9-10-6(7)12-5/h1H,3H2,(H,8,11). The smallest absolute Gasteiger partial charge is 0.283 e. The van der Waals surface area contributed by atoms with Crippen molar-refractivity contribution >= 4 is 28.8 Å². The fraction of sp³-hybridized carbons (Fsp3) is 0.167. The lowest BCUT2D eigenvalue weighted by atomic mass is 10.6. The maximum atomic E-state index is 11.1. The monoisotopic (exact) mass is 201 g/mol. The van der Waals surface area contributed by atoms with Crippen molar-refractivity contribution in [1.29, 1.82) is 0 Å². The molecule has 1 rings (SSSR count). The van der Waals surface area contributed by atoms with Crippen LogP contribution in [0.4, 0.5) is 0 Å². The van der Waals surface area contributed by atoms with E-state index in [9.17, 15) is 4.79 Å². The second-order valence-corrected chi connectivity index (χ2v) is 3.31. The first-order chi connectivity index (χ1) is 5.74. The fourth-order valence-corrected chi connectivity index (χ4v) is 1.25. The van der Waals surface area contributed by atoms with Gasteiger partial charge in [-0.15, -0.1) is 16.6 Å². The lowest BCUT2D eigenvalue weighted by Gasteiger charge is -1.93. The van der Waals surface area contributed by atoms with Crippen LogP contribution in [0.15, 0.2) is 0 Å². The summed E-state index contributed by atoms with van der Waals surface area (Å²) in [4.78, 5) is 11.1. The quantitative estimate of drug-likeness (QED) is 0.712. The van der Waals surface area contributed by atoms with E-state index < -0.39 is 0 Å². The Kier molecular flexibility index (Phi) is 3.02. The zero-order valence-corrected chi connectivity index (χ0v) is 7.45. The third-order valence-corrected chi connectivity index (χ3v) is 1.96. The van der Waals surface area contributed by atoms with E-state index in [-0.39, 0.29) is 21.9 Å². The van der Waals surface area contributed by atoms with Crippen LogP contribution in [0, 0.1) is 12.3 Å². The van der Waals surface area contributed by atoms with Crippen molar-refractivity contribution in [1.82, 2.24) is 15.5 Å². The zero-order chi connectivity index (χ0) is 8.97. The number of aromatic nitrogens is 2. The number of halogens is 1. The average Bonchev–Trinajstić information content (AvgIpc) is 2.47. The Morgan fingerprint density at radius 3 is 3.00 bits per heavy atom. The number of amides is 1. The van der Waals surface area contributed by atoms with Gasteiger partial charge in [-0.05, 0) is 11.6 Å². The van der Waals surface area contributed by atoms with Crippen LogP contribution in [-0.2, 0) is 0 Å². The Morgan fingerprint density at radius 1 is 1.75 bits per heavy atom. The van der Waals surface area contributed by atoms with E-state index in [1.807, 2.05) is 0 Å². The Balaban J connectivity index is 2.61. The van der Waals surface area contributed by atoms with Gasteiger partial charge in [0.1, 0.15) is 0 Å². The van der Waals surface area contributed by atoms with Crippen molar-refractivity contribution in [2.24, 2.45) is 0 Å². The molecular formula is C6H4ClN3OS. The number of nitrogens with zero attached hydrogens (tertiary/aromatic N) is 2. The molecule has 0 aliphatic rings. The van der Waals surface area contributed by atoms with Crippen molar-refractivity contribution in [2.45, 2.75) is 0 Å². The number of hydrogen-bond donors (Lipinski definition) is 1. The highest BCUT2D eigenvalue weighted by molar-refractivity contribution is 7.17. The second kappa shape index (κ2) is 4.04. The van der Waals surface area contributed by atoms with Crippen LogP contribution in [0.25, 0.3) is 0 Å². The molecular weight excluding hydrogens is 198 g/mol. The van der Waals surface area contributed by atoms with Gasteiger partial charge < -0.3 is 5.32 Å². The number of terminal acetylenes is 1. The van der Waals surface area contributed by atoms with E-state index in [4.69, 9.17) is 18.0 Å². The summed E-state index contributed by atoms with van der Waals surface area (Å²) in [7, 11) is 0. The molecule has 4 nitrogen and oxygen atoms in total. The van der Waals surface area contributed by atoms with Gasteiger partial charge in [0.15, 0.2) is 0 Å². The first-order valence-electron chi connectivity index (χ1n) is 2.94. The first-order valence-corrected chi connectivity index (χ1v) is 4.14. The highest BCUT2D eigenvalue weighted by Gasteiger charge is 2.09. The zero-order valence-electron chi connectivity index (χ0n) is 5.87. The lowest BCUT2D eigenvalue weighted by molar-refractivity contribution is 0.0957. The molecule has 1 N–H and O–H groups in total. The molecule has 1 aromatic rings. The normalized spacial score (nSPS) is 9.00. The van der Waals surface area contributed by atoms with E-state index in [1.165, 1.54) is 0 Å². The number of nitrogens with one attached hydrogen (secondary N) is 1. The van der Waals surface area contributed by atoms with Gasteiger partial charge in [-0.2, -0.15) is 0 Å². The van der Waals surface area contributed by atoms with Gasteiger partial charge in [-0.1, -0.05) is 17.3 Å². The van der Waals surface area contributed by atoms with Gasteiger partial charge >= 0.3 is 0 Å². The fourth-order valence-electron chi connectivity index (χ4n) is 0.504. The van der Waals surface area contributed by atoms with Crippen molar-refractivity contribution in [3.05, 3.63) is 9.47 Å². The highest BCUT2D eigenvalue weighted by Crippen LogP contribution is 2.14. The van der Waals surface area contributed by atoms with Crippen LogP contribution in [0.5, 0.6) is 0 Å². The minimum atomic E-state index is -0.350. The first kappa shape index (κ1) is 8.97. The summed E-state index contributed by atoms with van der Waals surface area (Å²) < 4.78 is 0.237. The molecule has 0 bridgehead atoms. The molecule has 0 saturated carbocycles. The van der Waals surface area contributed by atoms with Crippen molar-refractivity contribution in [2.75, 3.05) is 6.54 Å². The minimum absolute atomic E-state index is 0.177. The minimum Gasteiger partial charge on any atom is -0.339 e. The summed E-state index contributed by atoms with van der Waals surface area (Å²) in [6.07, 6.45) is 4.94. The van der Waals surface area contributed by atoms with Gasteiger partial charge in [0.05, 0.1) is 6.54 Å². The molecule has 0 spiro atoms. The summed E-state index contributed by atoms with van der Waals surface area (Å²) in [6.45, 7) is 0.177. The van der Waals surface area contributed by atoms with Gasteiger partial charge in [0.25, 0.3) is 5.91 Å². The van der Waals surface area contributed by atoms with E-state index in [1.54, 1.807) is 0 Å².